The van der Waals surface area contributed by atoms with Crippen LogP contribution in [0.15, 0.2) is 70.4 Å². The predicted molar refractivity (Wildman–Crippen MR) is 106 cm³/mol. The summed E-state index contributed by atoms with van der Waals surface area (Å²) in [6.45, 7) is 2.55. The Morgan fingerprint density at radius 3 is 2.54 bits per heavy atom. The Hall–Kier alpha value is -2.80. The Morgan fingerprint density at radius 2 is 1.88 bits per heavy atom. The van der Waals surface area contributed by atoms with Gasteiger partial charge < -0.3 is 15.4 Å². The number of thioether (sulfide) groups is 1. The minimum absolute atomic E-state index is 0.230. The van der Waals surface area contributed by atoms with Crippen LogP contribution in [0.25, 0.3) is 0 Å². The van der Waals surface area contributed by atoms with E-state index in [2.05, 4.69) is 20.6 Å². The number of hydrogen-bond donors (Lipinski definition) is 2. The first-order valence-electron chi connectivity index (χ1n) is 8.03. The molecule has 2 aromatic rings. The molecule has 2 N–H and O–H groups in total. The van der Waals surface area contributed by atoms with E-state index in [9.17, 15) is 4.39 Å². The van der Waals surface area contributed by atoms with Crippen LogP contribution in [-0.4, -0.2) is 17.4 Å². The van der Waals surface area contributed by atoms with Crippen molar-refractivity contribution < 1.29 is 9.13 Å². The number of amidine groups is 2. The van der Waals surface area contributed by atoms with E-state index in [-0.39, 0.29) is 5.82 Å². The second-order valence-corrected chi connectivity index (χ2v) is 6.53. The first-order valence-corrected chi connectivity index (χ1v) is 8.84. The Bertz CT molecular complexity index is 845. The smallest absolute Gasteiger partial charge is 0.197 e. The van der Waals surface area contributed by atoms with Crippen molar-refractivity contribution in [2.24, 2.45) is 9.98 Å². The van der Waals surface area contributed by atoms with Gasteiger partial charge in [-0.05, 0) is 60.6 Å². The maximum atomic E-state index is 12.9. The zero-order chi connectivity index (χ0) is 18.4. The van der Waals surface area contributed by atoms with Crippen LogP contribution in [0.2, 0.25) is 0 Å². The van der Waals surface area contributed by atoms with Crippen molar-refractivity contribution in [2.75, 3.05) is 12.4 Å². The van der Waals surface area contributed by atoms with Crippen molar-refractivity contribution in [3.8, 4) is 5.75 Å². The average molecular weight is 370 g/mol. The number of ether oxygens (including phenoxy) is 1. The van der Waals surface area contributed by atoms with Gasteiger partial charge in [0.1, 0.15) is 11.6 Å². The predicted octanol–water partition coefficient (Wildman–Crippen LogP) is 4.36. The largest absolute Gasteiger partial charge is 0.497 e. The Labute approximate surface area is 156 Å². The topological polar surface area (TPSA) is 58.0 Å². The van der Waals surface area contributed by atoms with E-state index < -0.39 is 0 Å². The number of nitrogens with zero attached hydrogens (tertiary/aromatic N) is 2. The number of hydrogen-bond acceptors (Lipinski definition) is 5. The van der Waals surface area contributed by atoms with E-state index in [0.717, 1.165) is 27.9 Å². The highest BCUT2D eigenvalue weighted by atomic mass is 32.2. The lowest BCUT2D eigenvalue weighted by atomic mass is 10.2. The van der Waals surface area contributed by atoms with Crippen molar-refractivity contribution >= 4 is 27.8 Å². The van der Waals surface area contributed by atoms with Crippen molar-refractivity contribution in [1.29, 1.82) is 0 Å². The van der Waals surface area contributed by atoms with Crippen LogP contribution >= 0.6 is 11.8 Å². The number of aliphatic imine (C=N–C) groups is 2. The minimum atomic E-state index is -0.230. The number of nitrogens with one attached hydrogen (secondary N) is 2. The molecule has 0 atom stereocenters. The Morgan fingerprint density at radius 1 is 1.19 bits per heavy atom. The molecular formula is C19H19FN4OS. The van der Waals surface area contributed by atoms with E-state index in [1.165, 1.54) is 23.9 Å². The highest BCUT2D eigenvalue weighted by molar-refractivity contribution is 8.29. The lowest BCUT2D eigenvalue weighted by Gasteiger charge is -2.16. The molecule has 1 heterocycles. The zero-order valence-corrected chi connectivity index (χ0v) is 15.3. The molecule has 0 bridgehead atoms. The van der Waals surface area contributed by atoms with Crippen LogP contribution in [0.4, 0.5) is 10.1 Å². The highest BCUT2D eigenvalue weighted by Crippen LogP contribution is 2.23. The highest BCUT2D eigenvalue weighted by Gasteiger charge is 2.16. The molecule has 0 unspecified atom stereocenters. The molecule has 1 aliphatic heterocycles. The summed E-state index contributed by atoms with van der Waals surface area (Å²) in [5.74, 6) is 0.584. The number of methoxy groups -OCH3 is 1. The summed E-state index contributed by atoms with van der Waals surface area (Å²) in [5, 5.41) is 7.94. The SMILES string of the molecule is COc1ccc(NC2=NC(=NC=C(C)NCc3ccc(F)cc3)S2)cc1. The van der Waals surface area contributed by atoms with Crippen LogP contribution in [-0.2, 0) is 6.54 Å². The lowest BCUT2D eigenvalue weighted by molar-refractivity contribution is 0.415. The molecule has 0 aromatic heterocycles. The van der Waals surface area contributed by atoms with E-state index in [0.29, 0.717) is 11.7 Å². The number of benzene rings is 2. The van der Waals surface area contributed by atoms with Crippen molar-refractivity contribution in [1.82, 2.24) is 5.32 Å². The Kier molecular flexibility index (Phi) is 5.91. The molecule has 0 fully saturated rings. The molecule has 0 saturated carbocycles. The van der Waals surface area contributed by atoms with Gasteiger partial charge in [0.15, 0.2) is 10.3 Å². The molecule has 5 nitrogen and oxygen atoms in total. The molecule has 0 saturated heterocycles. The van der Waals surface area contributed by atoms with Crippen molar-refractivity contribution in [3.63, 3.8) is 0 Å². The molecule has 0 aliphatic carbocycles. The van der Waals surface area contributed by atoms with E-state index in [1.54, 1.807) is 25.4 Å². The number of anilines is 1. The normalized spacial score (nSPS) is 15.3. The Balaban J connectivity index is 1.48. The van der Waals surface area contributed by atoms with Gasteiger partial charge in [-0.25, -0.2) is 9.38 Å². The summed E-state index contributed by atoms with van der Waals surface area (Å²) in [4.78, 5) is 8.66. The van der Waals surface area contributed by atoms with Crippen LogP contribution in [0.3, 0.4) is 0 Å². The fourth-order valence-corrected chi connectivity index (χ4v) is 2.71. The van der Waals surface area contributed by atoms with Crippen molar-refractivity contribution in [2.45, 2.75) is 13.5 Å². The van der Waals surface area contributed by atoms with Gasteiger partial charge in [-0.15, -0.1) is 0 Å². The number of rotatable bonds is 6. The van der Waals surface area contributed by atoms with Gasteiger partial charge in [-0.2, -0.15) is 4.99 Å². The molecule has 7 heteroatoms. The summed E-state index contributed by atoms with van der Waals surface area (Å²) in [7, 11) is 1.64. The summed E-state index contributed by atoms with van der Waals surface area (Å²) in [6.07, 6.45) is 1.74. The first kappa shape index (κ1) is 18.0. The van der Waals surface area contributed by atoms with Crippen LogP contribution in [0.1, 0.15) is 12.5 Å². The number of allylic oxidation sites excluding steroid dienone is 1. The fourth-order valence-electron chi connectivity index (χ4n) is 2.13. The van der Waals surface area contributed by atoms with Crippen LogP contribution < -0.4 is 15.4 Å². The summed E-state index contributed by atoms with van der Waals surface area (Å²) < 4.78 is 18.0. The van der Waals surface area contributed by atoms with Crippen molar-refractivity contribution in [3.05, 3.63) is 71.8 Å². The molecule has 134 valence electrons. The molecule has 3 rings (SSSR count). The van der Waals surface area contributed by atoms with Gasteiger partial charge in [0.05, 0.1) is 7.11 Å². The summed E-state index contributed by atoms with van der Waals surface area (Å²) in [6, 6.07) is 14.1. The van der Waals surface area contributed by atoms with Gasteiger partial charge in [0.2, 0.25) is 0 Å². The second-order valence-electron chi connectivity index (χ2n) is 5.58. The van der Waals surface area contributed by atoms with Gasteiger partial charge in [-0.3, -0.25) is 0 Å². The number of halogens is 1. The van der Waals surface area contributed by atoms with E-state index >= 15 is 0 Å². The zero-order valence-electron chi connectivity index (χ0n) is 14.5. The van der Waals surface area contributed by atoms with Gasteiger partial charge in [0.25, 0.3) is 0 Å². The summed E-state index contributed by atoms with van der Waals surface area (Å²) >= 11 is 1.48. The molecule has 2 aromatic carbocycles. The second kappa shape index (κ2) is 8.53. The monoisotopic (exact) mass is 370 g/mol. The van der Waals surface area contributed by atoms with Gasteiger partial charge in [0, 0.05) is 24.1 Å². The maximum absolute atomic E-state index is 12.9. The summed E-state index contributed by atoms with van der Waals surface area (Å²) in [5.41, 5.74) is 2.87. The molecule has 0 radical (unpaired) electrons. The first-order chi connectivity index (χ1) is 12.6. The molecule has 1 aliphatic rings. The molecular weight excluding hydrogens is 351 g/mol. The fraction of sp³-hybridized carbons (Fsp3) is 0.158. The third-order valence-corrected chi connectivity index (χ3v) is 4.35. The molecule has 0 amide bonds. The average Bonchev–Trinajstić information content (AvgIpc) is 2.63. The van der Waals surface area contributed by atoms with E-state index in [4.69, 9.17) is 4.74 Å². The maximum Gasteiger partial charge on any atom is 0.197 e. The van der Waals surface area contributed by atoms with Gasteiger partial charge >= 0.3 is 0 Å². The van der Waals surface area contributed by atoms with Gasteiger partial charge in [-0.1, -0.05) is 12.1 Å². The third-order valence-electron chi connectivity index (χ3n) is 3.58. The standard InChI is InChI=1S/C19H19FN4OS/c1-13(21-12-14-3-5-15(20)6-4-14)11-22-18-24-19(26-18)23-16-7-9-17(25-2)10-8-16/h3-11,21H,12H2,1-2H3,(H,22,23,24). The molecule has 26 heavy (non-hydrogen) atoms. The van der Waals surface area contributed by atoms with Crippen LogP contribution in [0, 0.1) is 5.82 Å². The quantitative estimate of drug-likeness (QED) is 0.793. The molecule has 0 spiro atoms. The lowest BCUT2D eigenvalue weighted by Crippen LogP contribution is -2.19. The third kappa shape index (κ3) is 5.10. The van der Waals surface area contributed by atoms with E-state index in [1.807, 2.05) is 31.2 Å². The van der Waals surface area contributed by atoms with Crippen LogP contribution in [0.5, 0.6) is 5.75 Å². The minimum Gasteiger partial charge on any atom is -0.497 e.